The predicted octanol–water partition coefficient (Wildman–Crippen LogP) is 4.98. The van der Waals surface area contributed by atoms with Crippen LogP contribution in [0.1, 0.15) is 11.5 Å². The van der Waals surface area contributed by atoms with Gasteiger partial charge in [0.2, 0.25) is 0 Å². The zero-order valence-electron chi connectivity index (χ0n) is 14.0. The van der Waals surface area contributed by atoms with Crippen molar-refractivity contribution < 1.29 is 18.3 Å². The van der Waals surface area contributed by atoms with Crippen LogP contribution < -0.4 is 9.47 Å². The Kier molecular flexibility index (Phi) is 3.90. The minimum Gasteiger partial charge on any atom is -0.497 e. The number of rotatable bonds is 5. The molecule has 0 N–H and O–H groups in total. The van der Waals surface area contributed by atoms with Crippen LogP contribution >= 0.6 is 0 Å². The highest BCUT2D eigenvalue weighted by Gasteiger charge is 2.14. The molecule has 4 aromatic rings. The molecule has 5 heteroatoms. The average Bonchev–Trinajstić information content (AvgIpc) is 3.29. The SMILES string of the molecule is COc1ccc2ccc(OCc3nc(-c4ccco4)oc3C)cc2c1. The quantitative estimate of drug-likeness (QED) is 0.514. The molecular weight excluding hydrogens is 318 g/mol. The molecule has 0 unspecified atom stereocenters. The van der Waals surface area contributed by atoms with E-state index in [0.29, 0.717) is 24.0 Å². The molecule has 0 atom stereocenters. The van der Waals surface area contributed by atoms with Gasteiger partial charge in [0.15, 0.2) is 5.76 Å². The third-order valence-electron chi connectivity index (χ3n) is 4.02. The van der Waals surface area contributed by atoms with Crippen LogP contribution in [0, 0.1) is 6.92 Å². The van der Waals surface area contributed by atoms with E-state index in [1.807, 2.05) is 49.4 Å². The summed E-state index contributed by atoms with van der Waals surface area (Å²) in [6.45, 7) is 2.19. The van der Waals surface area contributed by atoms with Crippen LogP contribution in [0.2, 0.25) is 0 Å². The second-order valence-corrected chi connectivity index (χ2v) is 5.66. The van der Waals surface area contributed by atoms with Crippen molar-refractivity contribution in [3.8, 4) is 23.1 Å². The third kappa shape index (κ3) is 3.08. The normalized spacial score (nSPS) is 11.0. The molecule has 4 rings (SSSR count). The number of aryl methyl sites for hydroxylation is 1. The molecule has 0 aliphatic rings. The van der Waals surface area contributed by atoms with Gasteiger partial charge in [-0.2, -0.15) is 0 Å². The number of nitrogens with zero attached hydrogens (tertiary/aromatic N) is 1. The van der Waals surface area contributed by atoms with Gasteiger partial charge in [-0.15, -0.1) is 0 Å². The van der Waals surface area contributed by atoms with Gasteiger partial charge in [0.25, 0.3) is 5.89 Å². The number of hydrogen-bond acceptors (Lipinski definition) is 5. The summed E-state index contributed by atoms with van der Waals surface area (Å²) >= 11 is 0. The maximum atomic E-state index is 5.89. The third-order valence-corrected chi connectivity index (χ3v) is 4.02. The molecule has 126 valence electrons. The second-order valence-electron chi connectivity index (χ2n) is 5.66. The Balaban J connectivity index is 1.54. The molecule has 0 spiro atoms. The van der Waals surface area contributed by atoms with E-state index in [4.69, 9.17) is 18.3 Å². The van der Waals surface area contributed by atoms with Crippen LogP contribution in [0.4, 0.5) is 0 Å². The fraction of sp³-hybridized carbons (Fsp3) is 0.150. The molecule has 0 radical (unpaired) electrons. The van der Waals surface area contributed by atoms with Gasteiger partial charge in [0.05, 0.1) is 13.4 Å². The molecule has 0 aliphatic heterocycles. The van der Waals surface area contributed by atoms with Crippen molar-refractivity contribution in [3.63, 3.8) is 0 Å². The van der Waals surface area contributed by atoms with Gasteiger partial charge in [0.1, 0.15) is 29.6 Å². The lowest BCUT2D eigenvalue weighted by Gasteiger charge is -2.07. The number of fused-ring (bicyclic) bond motifs is 1. The first kappa shape index (κ1) is 15.3. The highest BCUT2D eigenvalue weighted by molar-refractivity contribution is 5.85. The van der Waals surface area contributed by atoms with Crippen molar-refractivity contribution in [2.24, 2.45) is 0 Å². The summed E-state index contributed by atoms with van der Waals surface area (Å²) in [5.41, 5.74) is 0.747. The molecule has 2 aromatic heterocycles. The van der Waals surface area contributed by atoms with Crippen LogP contribution in [0.3, 0.4) is 0 Å². The standard InChI is InChI=1S/C20H17NO4/c1-13-18(21-20(25-13)19-4-3-9-23-19)12-24-17-8-6-14-5-7-16(22-2)10-15(14)11-17/h3-11H,12H2,1-2H3. The summed E-state index contributed by atoms with van der Waals surface area (Å²) in [7, 11) is 1.66. The minimum absolute atomic E-state index is 0.325. The monoisotopic (exact) mass is 335 g/mol. The fourth-order valence-corrected chi connectivity index (χ4v) is 2.64. The number of oxazole rings is 1. The zero-order valence-corrected chi connectivity index (χ0v) is 14.0. The molecule has 0 saturated carbocycles. The maximum Gasteiger partial charge on any atom is 0.263 e. The van der Waals surface area contributed by atoms with E-state index in [0.717, 1.165) is 28.0 Å². The topological polar surface area (TPSA) is 57.6 Å². The van der Waals surface area contributed by atoms with E-state index in [2.05, 4.69) is 4.98 Å². The van der Waals surface area contributed by atoms with Gasteiger partial charge in [-0.3, -0.25) is 0 Å². The zero-order chi connectivity index (χ0) is 17.2. The Morgan fingerprint density at radius 2 is 1.80 bits per heavy atom. The molecule has 0 saturated heterocycles. The van der Waals surface area contributed by atoms with Crippen LogP contribution in [0.15, 0.2) is 63.6 Å². The summed E-state index contributed by atoms with van der Waals surface area (Å²) in [6.07, 6.45) is 1.59. The van der Waals surface area contributed by atoms with Crippen LogP contribution in [-0.2, 0) is 6.61 Å². The molecule has 25 heavy (non-hydrogen) atoms. The minimum atomic E-state index is 0.325. The van der Waals surface area contributed by atoms with Gasteiger partial charge in [-0.25, -0.2) is 4.98 Å². The first-order valence-electron chi connectivity index (χ1n) is 7.94. The van der Waals surface area contributed by atoms with Gasteiger partial charge < -0.3 is 18.3 Å². The van der Waals surface area contributed by atoms with Crippen molar-refractivity contribution in [2.75, 3.05) is 7.11 Å². The number of furan rings is 1. The van der Waals surface area contributed by atoms with Crippen LogP contribution in [0.25, 0.3) is 22.4 Å². The molecule has 0 amide bonds. The largest absolute Gasteiger partial charge is 0.497 e. The summed E-state index contributed by atoms with van der Waals surface area (Å²) in [4.78, 5) is 4.45. The number of ether oxygens (including phenoxy) is 2. The number of aromatic nitrogens is 1. The van der Waals surface area contributed by atoms with E-state index in [-0.39, 0.29) is 0 Å². The smallest absolute Gasteiger partial charge is 0.263 e. The van der Waals surface area contributed by atoms with Gasteiger partial charge in [-0.1, -0.05) is 12.1 Å². The molecule has 5 nitrogen and oxygen atoms in total. The summed E-state index contributed by atoms with van der Waals surface area (Å²) in [5, 5.41) is 2.19. The summed E-state index contributed by atoms with van der Waals surface area (Å²) in [6, 6.07) is 15.5. The Morgan fingerprint density at radius 3 is 2.56 bits per heavy atom. The van der Waals surface area contributed by atoms with Crippen LogP contribution in [-0.4, -0.2) is 12.1 Å². The maximum absolute atomic E-state index is 5.89. The van der Waals surface area contributed by atoms with E-state index >= 15 is 0 Å². The molecule has 2 heterocycles. The number of methoxy groups -OCH3 is 1. The lowest BCUT2D eigenvalue weighted by molar-refractivity contribution is 0.300. The lowest BCUT2D eigenvalue weighted by atomic mass is 10.1. The van der Waals surface area contributed by atoms with Crippen LogP contribution in [0.5, 0.6) is 11.5 Å². The average molecular weight is 335 g/mol. The lowest BCUT2D eigenvalue weighted by Crippen LogP contribution is -1.97. The second kappa shape index (κ2) is 6.36. The Hall–Kier alpha value is -3.21. The van der Waals surface area contributed by atoms with Crippen molar-refractivity contribution in [2.45, 2.75) is 13.5 Å². The van der Waals surface area contributed by atoms with E-state index in [1.54, 1.807) is 19.4 Å². The van der Waals surface area contributed by atoms with Crippen molar-refractivity contribution >= 4 is 10.8 Å². The molecule has 0 aliphatic carbocycles. The molecular formula is C20H17NO4. The van der Waals surface area contributed by atoms with Gasteiger partial charge in [-0.05, 0) is 54.1 Å². The Labute approximate surface area is 144 Å². The number of hydrogen-bond donors (Lipinski definition) is 0. The molecule has 0 fully saturated rings. The first-order valence-corrected chi connectivity index (χ1v) is 7.94. The van der Waals surface area contributed by atoms with Crippen molar-refractivity contribution in [1.29, 1.82) is 0 Å². The Morgan fingerprint density at radius 1 is 1.00 bits per heavy atom. The molecule has 2 aromatic carbocycles. The highest BCUT2D eigenvalue weighted by atomic mass is 16.5. The predicted molar refractivity (Wildman–Crippen MR) is 93.8 cm³/mol. The first-order chi connectivity index (χ1) is 12.2. The van der Waals surface area contributed by atoms with Gasteiger partial charge in [0, 0.05) is 0 Å². The summed E-state index contributed by atoms with van der Waals surface area (Å²) in [5.74, 6) is 3.37. The highest BCUT2D eigenvalue weighted by Crippen LogP contribution is 2.26. The number of benzene rings is 2. The van der Waals surface area contributed by atoms with E-state index in [1.165, 1.54) is 0 Å². The van der Waals surface area contributed by atoms with E-state index < -0.39 is 0 Å². The Bertz CT molecular complexity index is 1000. The molecule has 0 bridgehead atoms. The van der Waals surface area contributed by atoms with Crippen molar-refractivity contribution in [1.82, 2.24) is 4.98 Å². The van der Waals surface area contributed by atoms with Crippen molar-refractivity contribution in [3.05, 3.63) is 66.2 Å². The summed E-state index contributed by atoms with van der Waals surface area (Å²) < 4.78 is 22.1. The van der Waals surface area contributed by atoms with E-state index in [9.17, 15) is 0 Å². The fourth-order valence-electron chi connectivity index (χ4n) is 2.64. The van der Waals surface area contributed by atoms with Gasteiger partial charge >= 0.3 is 0 Å².